The summed E-state index contributed by atoms with van der Waals surface area (Å²) in [5, 5.41) is 0. The van der Waals surface area contributed by atoms with E-state index < -0.39 is 0 Å². The lowest BCUT2D eigenvalue weighted by Crippen LogP contribution is -2.35. The average Bonchev–Trinajstić information content (AvgIpc) is 3.20. The molecule has 0 spiro atoms. The topological polar surface area (TPSA) is 79.2 Å². The summed E-state index contributed by atoms with van der Waals surface area (Å²) in [5.74, 6) is 1.13. The van der Waals surface area contributed by atoms with Crippen molar-refractivity contribution in [3.05, 3.63) is 33.7 Å². The van der Waals surface area contributed by atoms with E-state index in [0.717, 1.165) is 5.69 Å². The van der Waals surface area contributed by atoms with Gasteiger partial charge in [-0.1, -0.05) is 13.8 Å². The average molecular weight is 289 g/mol. The van der Waals surface area contributed by atoms with Crippen molar-refractivity contribution in [1.29, 1.82) is 0 Å². The van der Waals surface area contributed by atoms with Gasteiger partial charge in [0, 0.05) is 24.8 Å². The van der Waals surface area contributed by atoms with Crippen LogP contribution in [-0.4, -0.2) is 34.9 Å². The Balaban J connectivity index is 1.78. The molecule has 1 saturated heterocycles. The highest BCUT2D eigenvalue weighted by atomic mass is 16.2. The quantitative estimate of drug-likeness (QED) is 0.880. The fraction of sp³-hybridized carbons (Fsp3) is 0.625. The van der Waals surface area contributed by atoms with E-state index in [0.29, 0.717) is 24.9 Å². The van der Waals surface area contributed by atoms with E-state index in [9.17, 15) is 9.59 Å². The highest BCUT2D eigenvalue weighted by Crippen LogP contribution is 2.41. The van der Waals surface area contributed by atoms with Crippen LogP contribution in [0.15, 0.2) is 16.9 Å². The number of nitrogens with zero attached hydrogens (tertiary/aromatic N) is 1. The normalized spacial score (nSPS) is 25.6. The maximum absolute atomic E-state index is 12.5. The largest absolute Gasteiger partial charge is 0.337 e. The minimum atomic E-state index is -0.297. The second-order valence-electron chi connectivity index (χ2n) is 6.69. The molecule has 5 nitrogen and oxygen atoms in total. The van der Waals surface area contributed by atoms with Crippen molar-refractivity contribution < 1.29 is 4.79 Å². The summed E-state index contributed by atoms with van der Waals surface area (Å²) in [5.41, 5.74) is 6.93. The minimum absolute atomic E-state index is 0.0514. The third-order valence-electron chi connectivity index (χ3n) is 4.71. The van der Waals surface area contributed by atoms with Crippen molar-refractivity contribution in [2.75, 3.05) is 13.1 Å². The Kier molecular flexibility index (Phi) is 3.61. The van der Waals surface area contributed by atoms with Gasteiger partial charge in [-0.05, 0) is 42.7 Å². The van der Waals surface area contributed by atoms with Crippen LogP contribution in [0.4, 0.5) is 0 Å². The first-order valence-electron chi connectivity index (χ1n) is 7.75. The zero-order valence-electron chi connectivity index (χ0n) is 12.6. The fourth-order valence-electron chi connectivity index (χ4n) is 3.21. The summed E-state index contributed by atoms with van der Waals surface area (Å²) in [6.45, 7) is 5.26. The number of aromatic amines is 1. The summed E-state index contributed by atoms with van der Waals surface area (Å²) >= 11 is 0. The van der Waals surface area contributed by atoms with Gasteiger partial charge in [-0.3, -0.25) is 9.59 Å². The van der Waals surface area contributed by atoms with Gasteiger partial charge >= 0.3 is 0 Å². The van der Waals surface area contributed by atoms with Gasteiger partial charge in [0.05, 0.1) is 0 Å². The van der Waals surface area contributed by atoms with Gasteiger partial charge < -0.3 is 15.6 Å². The van der Waals surface area contributed by atoms with Crippen molar-refractivity contribution in [2.24, 2.45) is 17.6 Å². The predicted molar refractivity (Wildman–Crippen MR) is 81.2 cm³/mol. The Labute approximate surface area is 124 Å². The van der Waals surface area contributed by atoms with E-state index >= 15 is 0 Å². The number of hydrogen-bond donors (Lipinski definition) is 2. The van der Waals surface area contributed by atoms with Crippen LogP contribution in [0.25, 0.3) is 0 Å². The fourth-order valence-corrected chi connectivity index (χ4v) is 3.21. The van der Waals surface area contributed by atoms with Crippen LogP contribution < -0.4 is 11.3 Å². The first-order valence-corrected chi connectivity index (χ1v) is 7.75. The smallest absolute Gasteiger partial charge is 0.261 e. The van der Waals surface area contributed by atoms with Gasteiger partial charge in [-0.15, -0.1) is 0 Å². The molecule has 1 amide bonds. The van der Waals surface area contributed by atoms with Crippen molar-refractivity contribution >= 4 is 5.91 Å². The van der Waals surface area contributed by atoms with Gasteiger partial charge in [0.1, 0.15) is 5.56 Å². The number of rotatable bonds is 3. The number of amides is 1. The maximum atomic E-state index is 12.5. The van der Waals surface area contributed by atoms with E-state index in [4.69, 9.17) is 5.73 Å². The highest BCUT2D eigenvalue weighted by Gasteiger charge is 2.42. The number of aromatic nitrogens is 1. The van der Waals surface area contributed by atoms with Crippen molar-refractivity contribution in [3.8, 4) is 0 Å². The monoisotopic (exact) mass is 289 g/mol. The van der Waals surface area contributed by atoms with Crippen molar-refractivity contribution in [3.63, 3.8) is 0 Å². The first-order chi connectivity index (χ1) is 9.97. The number of H-pyrrole nitrogens is 1. The second-order valence-corrected chi connectivity index (χ2v) is 6.69. The van der Waals surface area contributed by atoms with Gasteiger partial charge in [0.15, 0.2) is 0 Å². The zero-order chi connectivity index (χ0) is 15.1. The Hall–Kier alpha value is -1.62. The lowest BCUT2D eigenvalue weighted by molar-refractivity contribution is 0.0783. The Morgan fingerprint density at radius 3 is 2.62 bits per heavy atom. The third kappa shape index (κ3) is 2.75. The summed E-state index contributed by atoms with van der Waals surface area (Å²) in [6, 6.07) is 3.52. The van der Waals surface area contributed by atoms with Gasteiger partial charge in [0.25, 0.3) is 11.5 Å². The Morgan fingerprint density at radius 1 is 1.33 bits per heavy atom. The van der Waals surface area contributed by atoms with Gasteiger partial charge in [0.2, 0.25) is 0 Å². The number of carbonyl (C=O) groups excluding carboxylic acids is 1. The molecule has 1 aromatic rings. The first kappa shape index (κ1) is 14.3. The molecule has 3 N–H and O–H groups in total. The molecule has 0 unspecified atom stereocenters. The number of likely N-dealkylation sites (tertiary alicyclic amines) is 1. The molecule has 1 aromatic heterocycles. The Bertz CT molecular complexity index is 604. The number of carbonyl (C=O) groups is 1. The van der Waals surface area contributed by atoms with E-state index in [1.807, 2.05) is 19.9 Å². The lowest BCUT2D eigenvalue weighted by atomic mass is 9.99. The van der Waals surface area contributed by atoms with E-state index in [1.54, 1.807) is 11.0 Å². The Morgan fingerprint density at radius 2 is 2.05 bits per heavy atom. The second kappa shape index (κ2) is 5.30. The van der Waals surface area contributed by atoms with E-state index in [-0.39, 0.29) is 29.0 Å². The molecule has 0 radical (unpaired) electrons. The zero-order valence-corrected chi connectivity index (χ0v) is 12.6. The SMILES string of the molecule is CC(C)c1ccc(C(=O)N2C[C@@H](N)[C@H](C3CC3)C2)c(=O)[nH]1. The molecule has 0 aromatic carbocycles. The maximum Gasteiger partial charge on any atom is 0.261 e. The van der Waals surface area contributed by atoms with Crippen molar-refractivity contribution in [1.82, 2.24) is 9.88 Å². The number of nitrogens with two attached hydrogens (primary N) is 1. The number of hydrogen-bond acceptors (Lipinski definition) is 3. The minimum Gasteiger partial charge on any atom is -0.337 e. The summed E-state index contributed by atoms with van der Waals surface area (Å²) in [4.78, 5) is 29.2. The summed E-state index contributed by atoms with van der Waals surface area (Å²) in [7, 11) is 0. The van der Waals surface area contributed by atoms with Crippen LogP contribution in [0.3, 0.4) is 0 Å². The predicted octanol–water partition coefficient (Wildman–Crippen LogP) is 1.31. The molecule has 21 heavy (non-hydrogen) atoms. The van der Waals surface area contributed by atoms with Crippen LogP contribution in [0.1, 0.15) is 48.7 Å². The van der Waals surface area contributed by atoms with Crippen LogP contribution >= 0.6 is 0 Å². The molecule has 3 rings (SSSR count). The highest BCUT2D eigenvalue weighted by molar-refractivity contribution is 5.94. The molecule has 114 valence electrons. The molecular formula is C16H23N3O2. The van der Waals surface area contributed by atoms with Gasteiger partial charge in [-0.2, -0.15) is 0 Å². The van der Waals surface area contributed by atoms with Crippen molar-refractivity contribution in [2.45, 2.75) is 38.6 Å². The van der Waals surface area contributed by atoms with E-state index in [2.05, 4.69) is 4.98 Å². The number of nitrogens with one attached hydrogen (secondary N) is 1. The molecule has 2 atom stereocenters. The molecule has 1 saturated carbocycles. The molecule has 2 heterocycles. The molecule has 2 aliphatic rings. The summed E-state index contributed by atoms with van der Waals surface area (Å²) < 4.78 is 0. The number of pyridine rings is 1. The van der Waals surface area contributed by atoms with Gasteiger partial charge in [-0.25, -0.2) is 0 Å². The van der Waals surface area contributed by atoms with Crippen LogP contribution in [-0.2, 0) is 0 Å². The summed E-state index contributed by atoms with van der Waals surface area (Å²) in [6.07, 6.45) is 2.45. The third-order valence-corrected chi connectivity index (χ3v) is 4.71. The lowest BCUT2D eigenvalue weighted by Gasteiger charge is -2.16. The standard InChI is InChI=1S/C16H23N3O2/c1-9(2)14-6-5-11(15(20)18-14)16(21)19-7-12(10-3-4-10)13(17)8-19/h5-6,9-10,12-13H,3-4,7-8,17H2,1-2H3,(H,18,20)/t12-,13+/m0/s1. The molecule has 2 fully saturated rings. The molecule has 0 bridgehead atoms. The molecular weight excluding hydrogens is 266 g/mol. The molecule has 5 heteroatoms. The van der Waals surface area contributed by atoms with Crippen LogP contribution in [0.2, 0.25) is 0 Å². The molecule has 1 aliphatic carbocycles. The van der Waals surface area contributed by atoms with Crippen LogP contribution in [0, 0.1) is 11.8 Å². The van der Waals surface area contributed by atoms with Crippen LogP contribution in [0.5, 0.6) is 0 Å². The van der Waals surface area contributed by atoms with E-state index in [1.165, 1.54) is 12.8 Å². The molecule has 1 aliphatic heterocycles.